The molecular weight excluding hydrogens is 234 g/mol. The van der Waals surface area contributed by atoms with Crippen LogP contribution in [0.25, 0.3) is 0 Å². The maximum Gasteiger partial charge on any atom is 0.326 e. The molecule has 6 heteroatoms. The van der Waals surface area contributed by atoms with Crippen LogP contribution >= 0.6 is 0 Å². The normalized spacial score (nSPS) is 11.7. The van der Waals surface area contributed by atoms with Crippen molar-refractivity contribution in [2.45, 2.75) is 19.9 Å². The standard InChI is InChI=1S/C12H13N3O3/c1-7(2)10(12(17)18)15-11(16)9-4-3-8(5-13)6-14-9/h3-4,6-7,10H,1-2H3,(H,15,16)(H,17,18)/t10-/m0/s1. The molecule has 0 saturated heterocycles. The molecule has 1 rings (SSSR count). The van der Waals surface area contributed by atoms with E-state index in [0.29, 0.717) is 5.56 Å². The minimum atomic E-state index is -1.09. The Morgan fingerprint density at radius 2 is 2.11 bits per heavy atom. The third-order valence-corrected chi connectivity index (χ3v) is 2.34. The first-order chi connectivity index (χ1) is 8.45. The second-order valence-corrected chi connectivity index (χ2v) is 4.08. The summed E-state index contributed by atoms with van der Waals surface area (Å²) in [6.07, 6.45) is 1.26. The van der Waals surface area contributed by atoms with Gasteiger partial charge in [-0.15, -0.1) is 0 Å². The first-order valence-corrected chi connectivity index (χ1v) is 5.35. The van der Waals surface area contributed by atoms with Crippen molar-refractivity contribution in [3.63, 3.8) is 0 Å². The third kappa shape index (κ3) is 3.28. The first kappa shape index (κ1) is 13.6. The van der Waals surface area contributed by atoms with Crippen molar-refractivity contribution in [2.24, 2.45) is 5.92 Å². The maximum absolute atomic E-state index is 11.7. The van der Waals surface area contributed by atoms with E-state index >= 15 is 0 Å². The number of hydrogen-bond donors (Lipinski definition) is 2. The van der Waals surface area contributed by atoms with Gasteiger partial charge in [0, 0.05) is 6.20 Å². The molecule has 2 N–H and O–H groups in total. The predicted molar refractivity (Wildman–Crippen MR) is 62.7 cm³/mol. The van der Waals surface area contributed by atoms with Gasteiger partial charge in [-0.25, -0.2) is 9.78 Å². The van der Waals surface area contributed by atoms with Gasteiger partial charge in [0.1, 0.15) is 17.8 Å². The summed E-state index contributed by atoms with van der Waals surface area (Å²) in [6.45, 7) is 3.40. The van der Waals surface area contributed by atoms with Crippen LogP contribution in [0.3, 0.4) is 0 Å². The molecule has 1 aromatic heterocycles. The Labute approximate surface area is 104 Å². The van der Waals surface area contributed by atoms with Crippen LogP contribution in [-0.4, -0.2) is 28.0 Å². The quantitative estimate of drug-likeness (QED) is 0.818. The van der Waals surface area contributed by atoms with E-state index < -0.39 is 17.9 Å². The molecule has 0 spiro atoms. The molecule has 0 aromatic carbocycles. The maximum atomic E-state index is 11.7. The number of amides is 1. The Hall–Kier alpha value is -2.42. The number of aromatic nitrogens is 1. The van der Waals surface area contributed by atoms with Gasteiger partial charge in [-0.2, -0.15) is 5.26 Å². The smallest absolute Gasteiger partial charge is 0.326 e. The molecule has 0 saturated carbocycles. The summed E-state index contributed by atoms with van der Waals surface area (Å²) in [5.41, 5.74) is 0.422. The largest absolute Gasteiger partial charge is 0.480 e. The summed E-state index contributed by atoms with van der Waals surface area (Å²) in [4.78, 5) is 26.5. The Kier molecular flexibility index (Phi) is 4.38. The molecule has 0 aliphatic heterocycles. The van der Waals surface area contributed by atoms with Crippen LogP contribution in [0.1, 0.15) is 29.9 Å². The Morgan fingerprint density at radius 1 is 1.44 bits per heavy atom. The van der Waals surface area contributed by atoms with Crippen LogP contribution in [0.2, 0.25) is 0 Å². The molecule has 0 aliphatic carbocycles. The number of carbonyl (C=O) groups is 2. The average molecular weight is 247 g/mol. The van der Waals surface area contributed by atoms with Crippen LogP contribution in [0.5, 0.6) is 0 Å². The second-order valence-electron chi connectivity index (χ2n) is 4.08. The molecule has 0 fully saturated rings. The highest BCUT2D eigenvalue weighted by atomic mass is 16.4. The number of carboxylic acids is 1. The van der Waals surface area contributed by atoms with Crippen molar-refractivity contribution in [3.8, 4) is 6.07 Å². The molecule has 18 heavy (non-hydrogen) atoms. The van der Waals surface area contributed by atoms with Crippen molar-refractivity contribution in [3.05, 3.63) is 29.6 Å². The SMILES string of the molecule is CC(C)[C@H](NC(=O)c1ccc(C#N)cn1)C(=O)O. The molecule has 0 radical (unpaired) electrons. The van der Waals surface area contributed by atoms with E-state index in [0.717, 1.165) is 0 Å². The van der Waals surface area contributed by atoms with Crippen LogP contribution < -0.4 is 5.32 Å². The van der Waals surface area contributed by atoms with E-state index in [2.05, 4.69) is 10.3 Å². The summed E-state index contributed by atoms with van der Waals surface area (Å²) < 4.78 is 0. The average Bonchev–Trinajstić information content (AvgIpc) is 2.35. The third-order valence-electron chi connectivity index (χ3n) is 2.34. The van der Waals surface area contributed by atoms with Gasteiger partial charge in [0.25, 0.3) is 5.91 Å². The van der Waals surface area contributed by atoms with Gasteiger partial charge < -0.3 is 10.4 Å². The molecule has 6 nitrogen and oxygen atoms in total. The Balaban J connectivity index is 2.81. The summed E-state index contributed by atoms with van der Waals surface area (Å²) in [7, 11) is 0. The highest BCUT2D eigenvalue weighted by molar-refractivity contribution is 5.95. The Bertz CT molecular complexity index is 488. The summed E-state index contributed by atoms with van der Waals surface area (Å²) in [5.74, 6) is -1.89. The van der Waals surface area contributed by atoms with Gasteiger partial charge in [-0.1, -0.05) is 13.8 Å². The van der Waals surface area contributed by atoms with Crippen molar-refractivity contribution in [1.29, 1.82) is 5.26 Å². The summed E-state index contributed by atoms with van der Waals surface area (Å²) in [6, 6.07) is 3.75. The van der Waals surface area contributed by atoms with E-state index in [1.807, 2.05) is 6.07 Å². The van der Waals surface area contributed by atoms with Gasteiger partial charge in [-0.05, 0) is 18.1 Å². The molecule has 0 bridgehead atoms. The second kappa shape index (κ2) is 5.77. The zero-order valence-electron chi connectivity index (χ0n) is 10.0. The molecular formula is C12H13N3O3. The van der Waals surface area contributed by atoms with E-state index in [1.165, 1.54) is 18.3 Å². The van der Waals surface area contributed by atoms with Gasteiger partial charge in [0.15, 0.2) is 0 Å². The van der Waals surface area contributed by atoms with Gasteiger partial charge in [0.05, 0.1) is 5.56 Å². The van der Waals surface area contributed by atoms with Crippen LogP contribution in [0.4, 0.5) is 0 Å². The van der Waals surface area contributed by atoms with E-state index in [4.69, 9.17) is 10.4 Å². The lowest BCUT2D eigenvalue weighted by molar-refractivity contribution is -0.140. The van der Waals surface area contributed by atoms with Gasteiger partial charge >= 0.3 is 5.97 Å². The molecule has 94 valence electrons. The topological polar surface area (TPSA) is 103 Å². The fraction of sp³-hybridized carbons (Fsp3) is 0.333. The number of carbonyl (C=O) groups excluding carboxylic acids is 1. The number of nitrogens with one attached hydrogen (secondary N) is 1. The van der Waals surface area contributed by atoms with Crippen LogP contribution in [0.15, 0.2) is 18.3 Å². The van der Waals surface area contributed by atoms with Gasteiger partial charge in [-0.3, -0.25) is 4.79 Å². The van der Waals surface area contributed by atoms with E-state index in [9.17, 15) is 9.59 Å². The highest BCUT2D eigenvalue weighted by Crippen LogP contribution is 2.04. The number of hydrogen-bond acceptors (Lipinski definition) is 4. The fourth-order valence-electron chi connectivity index (χ4n) is 1.32. The molecule has 1 aromatic rings. The number of rotatable bonds is 4. The minimum Gasteiger partial charge on any atom is -0.480 e. The van der Waals surface area contributed by atoms with Crippen molar-refractivity contribution in [1.82, 2.24) is 10.3 Å². The molecule has 0 aliphatic rings. The number of aliphatic carboxylic acids is 1. The van der Waals surface area contributed by atoms with Gasteiger partial charge in [0.2, 0.25) is 0 Å². The molecule has 0 unspecified atom stereocenters. The summed E-state index contributed by atoms with van der Waals surface area (Å²) in [5, 5.41) is 19.9. The molecule has 1 heterocycles. The van der Waals surface area contributed by atoms with Crippen molar-refractivity contribution in [2.75, 3.05) is 0 Å². The zero-order valence-corrected chi connectivity index (χ0v) is 10.0. The highest BCUT2D eigenvalue weighted by Gasteiger charge is 2.24. The molecule has 1 amide bonds. The first-order valence-electron chi connectivity index (χ1n) is 5.35. The monoisotopic (exact) mass is 247 g/mol. The zero-order chi connectivity index (χ0) is 13.7. The van der Waals surface area contributed by atoms with Crippen LogP contribution in [0, 0.1) is 17.2 Å². The lowest BCUT2D eigenvalue weighted by Crippen LogP contribution is -2.44. The summed E-state index contributed by atoms with van der Waals surface area (Å²) >= 11 is 0. The molecule has 1 atom stereocenters. The lowest BCUT2D eigenvalue weighted by atomic mass is 10.0. The van der Waals surface area contributed by atoms with Crippen molar-refractivity contribution < 1.29 is 14.7 Å². The van der Waals surface area contributed by atoms with Crippen LogP contribution in [-0.2, 0) is 4.79 Å². The number of pyridine rings is 1. The van der Waals surface area contributed by atoms with E-state index in [1.54, 1.807) is 13.8 Å². The fourth-order valence-corrected chi connectivity index (χ4v) is 1.32. The lowest BCUT2D eigenvalue weighted by Gasteiger charge is -2.17. The van der Waals surface area contributed by atoms with Crippen molar-refractivity contribution >= 4 is 11.9 Å². The Morgan fingerprint density at radius 3 is 2.50 bits per heavy atom. The predicted octanol–water partition coefficient (Wildman–Crippen LogP) is 0.792. The van der Waals surface area contributed by atoms with E-state index in [-0.39, 0.29) is 11.6 Å². The minimum absolute atomic E-state index is 0.0842. The number of nitriles is 1. The number of carboxylic acid groups (broad SMARTS) is 1. The number of nitrogens with zero attached hydrogens (tertiary/aromatic N) is 2.